The van der Waals surface area contributed by atoms with Crippen molar-refractivity contribution in [2.24, 2.45) is 0 Å². The van der Waals surface area contributed by atoms with Gasteiger partial charge in [0.15, 0.2) is 0 Å². The van der Waals surface area contributed by atoms with Gasteiger partial charge < -0.3 is 9.84 Å². The quantitative estimate of drug-likeness (QED) is 0.571. The molecule has 0 bridgehead atoms. The Morgan fingerprint density at radius 1 is 0.964 bits per heavy atom. The number of phenols is 1. The maximum Gasteiger partial charge on any atom is 0.573 e. The molecular formula is C19H13F3N4O2. The van der Waals surface area contributed by atoms with Crippen molar-refractivity contribution >= 4 is 10.9 Å². The summed E-state index contributed by atoms with van der Waals surface area (Å²) in [5, 5.41) is 18.9. The van der Waals surface area contributed by atoms with Crippen molar-refractivity contribution in [3.63, 3.8) is 0 Å². The van der Waals surface area contributed by atoms with Gasteiger partial charge in [-0.3, -0.25) is 0 Å². The Bertz CT molecular complexity index is 1120. The summed E-state index contributed by atoms with van der Waals surface area (Å²) in [5.74, 6) is -0.205. The smallest absolute Gasteiger partial charge is 0.506 e. The second-order valence-corrected chi connectivity index (χ2v) is 6.04. The van der Waals surface area contributed by atoms with Crippen molar-refractivity contribution < 1.29 is 23.0 Å². The van der Waals surface area contributed by atoms with E-state index in [1.807, 2.05) is 12.1 Å². The van der Waals surface area contributed by atoms with E-state index in [0.29, 0.717) is 23.4 Å². The van der Waals surface area contributed by atoms with Crippen molar-refractivity contribution in [2.75, 3.05) is 0 Å². The summed E-state index contributed by atoms with van der Waals surface area (Å²) < 4.78 is 42.0. The second-order valence-electron chi connectivity index (χ2n) is 6.04. The minimum atomic E-state index is -4.72. The van der Waals surface area contributed by atoms with E-state index in [4.69, 9.17) is 0 Å². The van der Waals surface area contributed by atoms with Gasteiger partial charge >= 0.3 is 6.36 Å². The first-order valence-corrected chi connectivity index (χ1v) is 8.21. The first-order valence-electron chi connectivity index (χ1n) is 8.21. The zero-order valence-electron chi connectivity index (χ0n) is 14.3. The number of halogens is 3. The average Bonchev–Trinajstić information content (AvgIpc) is 3.11. The lowest BCUT2D eigenvalue weighted by molar-refractivity contribution is -0.274. The first-order chi connectivity index (χ1) is 13.4. The van der Waals surface area contributed by atoms with E-state index in [9.17, 15) is 18.3 Å². The number of para-hydroxylation sites is 1. The molecule has 0 amide bonds. The number of aromatic nitrogens is 4. The maximum absolute atomic E-state index is 12.2. The number of hydrogen-bond donors (Lipinski definition) is 1. The molecule has 9 heteroatoms. The SMILES string of the molecule is Oc1cccc2ccc(-c3cn(Cc4ccc(OC(F)(F)F)cc4)nn3)nc12. The van der Waals surface area contributed by atoms with Gasteiger partial charge in [0.2, 0.25) is 0 Å². The van der Waals surface area contributed by atoms with Gasteiger partial charge in [-0.1, -0.05) is 35.5 Å². The Balaban J connectivity index is 1.52. The molecule has 0 aliphatic heterocycles. The molecule has 0 atom stereocenters. The minimum Gasteiger partial charge on any atom is -0.506 e. The lowest BCUT2D eigenvalue weighted by Gasteiger charge is -2.09. The third-order valence-electron chi connectivity index (χ3n) is 4.00. The second kappa shape index (κ2) is 6.84. The molecule has 28 heavy (non-hydrogen) atoms. The minimum absolute atomic E-state index is 0.0768. The molecule has 0 aliphatic rings. The van der Waals surface area contributed by atoms with E-state index in [1.54, 1.807) is 29.1 Å². The number of benzene rings is 2. The fourth-order valence-corrected chi connectivity index (χ4v) is 2.75. The van der Waals surface area contributed by atoms with Crippen LogP contribution >= 0.6 is 0 Å². The van der Waals surface area contributed by atoms with Gasteiger partial charge in [-0.25, -0.2) is 9.67 Å². The van der Waals surface area contributed by atoms with Gasteiger partial charge in [-0.15, -0.1) is 18.3 Å². The van der Waals surface area contributed by atoms with Gasteiger partial charge in [0.1, 0.15) is 22.7 Å². The lowest BCUT2D eigenvalue weighted by atomic mass is 10.1. The van der Waals surface area contributed by atoms with E-state index in [2.05, 4.69) is 20.0 Å². The van der Waals surface area contributed by atoms with Crippen LogP contribution in [0.1, 0.15) is 5.56 Å². The summed E-state index contributed by atoms with van der Waals surface area (Å²) >= 11 is 0. The van der Waals surface area contributed by atoms with Crippen molar-refractivity contribution in [3.8, 4) is 22.9 Å². The molecule has 0 radical (unpaired) electrons. The van der Waals surface area contributed by atoms with Crippen LogP contribution in [-0.2, 0) is 6.54 Å². The van der Waals surface area contributed by atoms with Crippen LogP contribution in [0.15, 0.2) is 60.8 Å². The molecule has 4 rings (SSSR count). The number of hydrogen-bond acceptors (Lipinski definition) is 5. The standard InChI is InChI=1S/C19H13F3N4O2/c20-19(21,22)28-14-7-4-12(5-8-14)10-26-11-16(24-25-26)15-9-6-13-2-1-3-17(27)18(13)23-15/h1-9,11,27H,10H2. The molecule has 0 spiro atoms. The van der Waals surface area contributed by atoms with Crippen LogP contribution in [0.2, 0.25) is 0 Å². The van der Waals surface area contributed by atoms with Crippen molar-refractivity contribution in [1.82, 2.24) is 20.0 Å². The monoisotopic (exact) mass is 386 g/mol. The first kappa shape index (κ1) is 17.8. The van der Waals surface area contributed by atoms with Crippen LogP contribution in [0.3, 0.4) is 0 Å². The molecule has 0 aliphatic carbocycles. The molecule has 0 saturated heterocycles. The maximum atomic E-state index is 12.2. The summed E-state index contributed by atoms with van der Waals surface area (Å²) in [5.41, 5.74) is 2.27. The Kier molecular flexibility index (Phi) is 4.34. The molecular weight excluding hydrogens is 373 g/mol. The van der Waals surface area contributed by atoms with E-state index in [-0.39, 0.29) is 11.5 Å². The molecule has 0 saturated carbocycles. The molecule has 2 aromatic carbocycles. The molecule has 0 unspecified atom stereocenters. The highest BCUT2D eigenvalue weighted by Crippen LogP contribution is 2.26. The molecule has 4 aromatic rings. The fraction of sp³-hybridized carbons (Fsp3) is 0.105. The molecule has 1 N–H and O–H groups in total. The van der Waals surface area contributed by atoms with Crippen molar-refractivity contribution in [1.29, 1.82) is 0 Å². The number of ether oxygens (including phenoxy) is 1. The molecule has 2 aromatic heterocycles. The van der Waals surface area contributed by atoms with Gasteiger partial charge in [0, 0.05) is 5.39 Å². The van der Waals surface area contributed by atoms with Crippen LogP contribution < -0.4 is 4.74 Å². The number of rotatable bonds is 4. The fourth-order valence-electron chi connectivity index (χ4n) is 2.75. The molecule has 0 fully saturated rings. The summed E-state index contributed by atoms with van der Waals surface area (Å²) in [4.78, 5) is 4.42. The van der Waals surface area contributed by atoms with Gasteiger partial charge in [0.05, 0.1) is 18.4 Å². The summed E-state index contributed by atoms with van der Waals surface area (Å²) in [6, 6.07) is 14.3. The number of fused-ring (bicyclic) bond motifs is 1. The van der Waals surface area contributed by atoms with E-state index in [0.717, 1.165) is 10.9 Å². The largest absolute Gasteiger partial charge is 0.573 e. The number of pyridine rings is 1. The highest BCUT2D eigenvalue weighted by atomic mass is 19.4. The van der Waals surface area contributed by atoms with E-state index >= 15 is 0 Å². The van der Waals surface area contributed by atoms with Gasteiger partial charge in [0.25, 0.3) is 0 Å². The predicted molar refractivity (Wildman–Crippen MR) is 94.7 cm³/mol. The summed E-state index contributed by atoms with van der Waals surface area (Å²) in [6.07, 6.45) is -3.04. The van der Waals surface area contributed by atoms with Crippen molar-refractivity contribution in [2.45, 2.75) is 12.9 Å². The highest BCUT2D eigenvalue weighted by molar-refractivity contribution is 5.86. The Labute approximate surface area is 156 Å². The zero-order valence-corrected chi connectivity index (χ0v) is 14.3. The van der Waals surface area contributed by atoms with E-state index < -0.39 is 6.36 Å². The highest BCUT2D eigenvalue weighted by Gasteiger charge is 2.30. The van der Waals surface area contributed by atoms with Gasteiger partial charge in [-0.05, 0) is 29.8 Å². The Hall–Kier alpha value is -3.62. The van der Waals surface area contributed by atoms with Crippen LogP contribution in [-0.4, -0.2) is 31.4 Å². The van der Waals surface area contributed by atoms with E-state index in [1.165, 1.54) is 24.3 Å². The lowest BCUT2D eigenvalue weighted by Crippen LogP contribution is -2.17. The Morgan fingerprint density at radius 2 is 1.75 bits per heavy atom. The van der Waals surface area contributed by atoms with Gasteiger partial charge in [-0.2, -0.15) is 0 Å². The van der Waals surface area contributed by atoms with Crippen LogP contribution in [0, 0.1) is 0 Å². The van der Waals surface area contributed by atoms with Crippen molar-refractivity contribution in [3.05, 3.63) is 66.4 Å². The van der Waals surface area contributed by atoms with Crippen LogP contribution in [0.5, 0.6) is 11.5 Å². The average molecular weight is 386 g/mol. The number of aromatic hydroxyl groups is 1. The third kappa shape index (κ3) is 3.88. The summed E-state index contributed by atoms with van der Waals surface area (Å²) in [7, 11) is 0. The molecule has 142 valence electrons. The van der Waals surface area contributed by atoms with Crippen LogP contribution in [0.25, 0.3) is 22.3 Å². The number of phenolic OH excluding ortho intramolecular Hbond substituents is 1. The number of alkyl halides is 3. The third-order valence-corrected chi connectivity index (χ3v) is 4.00. The predicted octanol–water partition coefficient (Wildman–Crippen LogP) is 4.15. The normalized spacial score (nSPS) is 11.7. The molecule has 6 nitrogen and oxygen atoms in total. The van der Waals surface area contributed by atoms with Crippen LogP contribution in [0.4, 0.5) is 13.2 Å². The topological polar surface area (TPSA) is 73.1 Å². The Morgan fingerprint density at radius 3 is 2.50 bits per heavy atom. The number of nitrogens with zero attached hydrogens (tertiary/aromatic N) is 4. The molecule has 2 heterocycles. The zero-order chi connectivity index (χ0) is 19.7. The summed E-state index contributed by atoms with van der Waals surface area (Å²) in [6.45, 7) is 0.318.